The highest BCUT2D eigenvalue weighted by Gasteiger charge is 2.51. The van der Waals surface area contributed by atoms with Gasteiger partial charge in [-0.25, -0.2) is 18.0 Å². The number of nitrogens with zero attached hydrogens (tertiary/aromatic N) is 11. The zero-order chi connectivity index (χ0) is 65.1. The molecule has 488 valence electrons. The number of aliphatic carboxylic acids is 1. The Labute approximate surface area is 547 Å². The monoisotopic (exact) mass is 1310 g/mol. The van der Waals surface area contributed by atoms with Gasteiger partial charge in [0, 0.05) is 110 Å². The molecule has 18 nitrogen and oxygen atoms in total. The van der Waals surface area contributed by atoms with E-state index in [1.165, 1.54) is 4.90 Å². The van der Waals surface area contributed by atoms with Crippen molar-refractivity contribution in [3.8, 4) is 24.2 Å². The predicted molar refractivity (Wildman–Crippen MR) is 343 cm³/mol. The van der Waals surface area contributed by atoms with Crippen LogP contribution in [0.25, 0.3) is 21.5 Å². The number of hydrogen-bond donors (Lipinski definition) is 1. The molecule has 8 aliphatic rings. The van der Waals surface area contributed by atoms with Crippen molar-refractivity contribution < 1.29 is 51.2 Å². The molecule has 6 aromatic rings. The van der Waals surface area contributed by atoms with Crippen molar-refractivity contribution in [3.63, 3.8) is 0 Å². The van der Waals surface area contributed by atoms with E-state index >= 15 is 0 Å². The average Bonchev–Trinajstić information content (AvgIpc) is 1.34. The largest absolute Gasteiger partial charge is 0.476 e. The number of alkyl halides is 2. The molecule has 24 heteroatoms. The molecule has 4 aromatic carbocycles. The van der Waals surface area contributed by atoms with Crippen molar-refractivity contribution in [2.24, 2.45) is 5.92 Å². The summed E-state index contributed by atoms with van der Waals surface area (Å²) in [7, 11) is 0. The Morgan fingerprint density at radius 1 is 0.645 bits per heavy atom. The van der Waals surface area contributed by atoms with Gasteiger partial charge in [0.2, 0.25) is 5.83 Å². The van der Waals surface area contributed by atoms with Crippen LogP contribution in [0.15, 0.2) is 97.6 Å². The lowest BCUT2D eigenvalue weighted by Crippen LogP contribution is -2.55. The van der Waals surface area contributed by atoms with Crippen LogP contribution >= 0.6 is 23.2 Å². The van der Waals surface area contributed by atoms with Gasteiger partial charge in [-0.1, -0.05) is 97.0 Å². The molecule has 0 bridgehead atoms. The van der Waals surface area contributed by atoms with E-state index in [0.717, 1.165) is 126 Å². The number of anilines is 2. The second-order valence-corrected chi connectivity index (χ2v) is 26.3. The summed E-state index contributed by atoms with van der Waals surface area (Å²) < 4.78 is 79.5. The van der Waals surface area contributed by atoms with E-state index in [0.29, 0.717) is 92.7 Å². The van der Waals surface area contributed by atoms with Gasteiger partial charge in [-0.3, -0.25) is 14.6 Å². The smallest absolute Gasteiger partial charge is 0.364 e. The number of nitriles is 2. The molecule has 1 amide bonds. The molecular weight excluding hydrogens is 1240 g/mol. The van der Waals surface area contributed by atoms with Gasteiger partial charge in [0.25, 0.3) is 5.91 Å². The Hall–Kier alpha value is -7.70. The number of rotatable bonds is 14. The van der Waals surface area contributed by atoms with Gasteiger partial charge in [-0.15, -0.1) is 0 Å². The summed E-state index contributed by atoms with van der Waals surface area (Å²) in [6.45, 7) is 12.1. The Morgan fingerprint density at radius 2 is 1.13 bits per heavy atom. The van der Waals surface area contributed by atoms with Gasteiger partial charge in [0.1, 0.15) is 37.2 Å². The van der Waals surface area contributed by atoms with Crippen LogP contribution in [0, 0.1) is 28.6 Å². The first-order chi connectivity index (χ1) is 44.9. The first kappa shape index (κ1) is 65.4. The first-order valence-electron chi connectivity index (χ1n) is 31.8. The van der Waals surface area contributed by atoms with E-state index in [-0.39, 0.29) is 62.0 Å². The summed E-state index contributed by atoms with van der Waals surface area (Å²) in [5.41, 5.74) is 4.84. The van der Waals surface area contributed by atoms with Gasteiger partial charge < -0.3 is 38.8 Å². The topological polar surface area (TPSA) is 207 Å². The molecule has 6 fully saturated rings. The summed E-state index contributed by atoms with van der Waals surface area (Å²) in [6, 6.07) is 28.4. The molecule has 14 rings (SSSR count). The maximum atomic E-state index is 14.5. The van der Waals surface area contributed by atoms with E-state index < -0.39 is 41.9 Å². The minimum absolute atomic E-state index is 0.0231. The SMILES string of the molecule is C=C(F)C(=O)N1CCN(c2nc(OC[C@@]34CCCN3C[C@H](F)C4)nc3c2CO[C@H](c2cccc4cccc(Cl)c24)C3)C[C@@H]1CC#N.C=C(F)C(=O)O.N#CC[C@@H]1CCCN(c2nc(OC[C@@]34CCCN3C[C@H](F)C4)nc3c2CO[C@H](c2cccc4cccc(Cl)c24)C3)C1. The minimum Gasteiger partial charge on any atom is -0.476 e. The highest BCUT2D eigenvalue weighted by molar-refractivity contribution is 6.36. The number of piperidine rings is 1. The molecule has 0 unspecified atom stereocenters. The molecule has 1 N–H and O–H groups in total. The zero-order valence-corrected chi connectivity index (χ0v) is 53.1. The predicted octanol–water partition coefficient (Wildman–Crippen LogP) is 12.2. The third-order valence-corrected chi connectivity index (χ3v) is 20.3. The van der Waals surface area contributed by atoms with Crippen LogP contribution in [-0.4, -0.2) is 153 Å². The van der Waals surface area contributed by atoms with E-state index in [9.17, 15) is 37.7 Å². The fourth-order valence-corrected chi connectivity index (χ4v) is 15.9. The van der Waals surface area contributed by atoms with Crippen molar-refractivity contribution in [1.82, 2.24) is 34.6 Å². The van der Waals surface area contributed by atoms with Crippen LogP contribution in [-0.2, 0) is 45.1 Å². The third kappa shape index (κ3) is 13.8. The first-order valence-corrected chi connectivity index (χ1v) is 32.6. The fraction of sp³-hybridized carbons (Fsp3) is 0.478. The van der Waals surface area contributed by atoms with Gasteiger partial charge >= 0.3 is 18.0 Å². The highest BCUT2D eigenvalue weighted by Crippen LogP contribution is 2.45. The number of ether oxygens (including phenoxy) is 4. The minimum atomic E-state index is -1.60. The van der Waals surface area contributed by atoms with Crippen LogP contribution in [0.1, 0.15) is 110 Å². The molecular formula is C69H73Cl2F4N11O7. The lowest BCUT2D eigenvalue weighted by atomic mass is 9.93. The van der Waals surface area contributed by atoms with E-state index in [1.54, 1.807) is 0 Å². The summed E-state index contributed by atoms with van der Waals surface area (Å²) in [6.07, 6.45) is 6.18. The van der Waals surface area contributed by atoms with Gasteiger partial charge in [-0.2, -0.15) is 34.9 Å². The maximum absolute atomic E-state index is 14.5. The number of halogens is 6. The fourth-order valence-electron chi connectivity index (χ4n) is 15.3. The number of aromatic nitrogens is 4. The molecule has 0 aliphatic carbocycles. The number of carbonyl (C=O) groups is 2. The molecule has 0 saturated carbocycles. The second kappa shape index (κ2) is 28.1. The van der Waals surface area contributed by atoms with Crippen LogP contribution in [0.4, 0.5) is 29.2 Å². The second-order valence-electron chi connectivity index (χ2n) is 25.5. The van der Waals surface area contributed by atoms with Crippen LogP contribution in [0.2, 0.25) is 10.0 Å². The summed E-state index contributed by atoms with van der Waals surface area (Å²) in [4.78, 5) is 51.5. The lowest BCUT2D eigenvalue weighted by molar-refractivity contribution is -0.134. The number of benzene rings is 4. The normalized spacial score (nSPS) is 25.7. The highest BCUT2D eigenvalue weighted by atomic mass is 35.5. The van der Waals surface area contributed by atoms with E-state index in [4.69, 9.17) is 67.2 Å². The Balaban J connectivity index is 0.000000165. The van der Waals surface area contributed by atoms with E-state index in [2.05, 4.69) is 58.2 Å². The molecule has 8 atom stereocenters. The van der Waals surface area contributed by atoms with Crippen molar-refractivity contribution in [2.75, 3.05) is 81.9 Å². The van der Waals surface area contributed by atoms with Gasteiger partial charge in [0.05, 0.1) is 72.5 Å². The summed E-state index contributed by atoms with van der Waals surface area (Å²) in [5, 5.41) is 31.8. The summed E-state index contributed by atoms with van der Waals surface area (Å²) >= 11 is 13.3. The zero-order valence-electron chi connectivity index (χ0n) is 51.6. The Bertz CT molecular complexity index is 3910. The molecule has 93 heavy (non-hydrogen) atoms. The van der Waals surface area contributed by atoms with Crippen molar-refractivity contribution in [3.05, 3.63) is 141 Å². The van der Waals surface area contributed by atoms with Crippen molar-refractivity contribution in [1.29, 1.82) is 10.5 Å². The maximum Gasteiger partial charge on any atom is 0.364 e. The van der Waals surface area contributed by atoms with Crippen molar-refractivity contribution >= 4 is 68.3 Å². The molecule has 10 heterocycles. The molecule has 6 saturated heterocycles. The number of fused-ring (bicyclic) bond motifs is 6. The van der Waals surface area contributed by atoms with Crippen LogP contribution in [0.5, 0.6) is 12.0 Å². The molecule has 8 aliphatic heterocycles. The number of carbonyl (C=O) groups excluding carboxylic acids is 1. The van der Waals surface area contributed by atoms with Crippen molar-refractivity contribution in [2.45, 2.75) is 132 Å². The third-order valence-electron chi connectivity index (χ3n) is 19.7. The number of carboxylic acid groups (broad SMARTS) is 1. The standard InChI is InChI=1S/C34H35ClF2N6O3.C32H35ClFN5O2.C3H3FO2/c1-21(36)32(44)43-14-13-41(18-24(43)9-11-38)31-26-19-45-29(25-7-2-5-22-6-3-8-27(35)30(22)25)15-28(26)39-33(40-31)46-20-34-10-4-12-42(34)17-23(37)16-34;33-26-9-2-7-22-6-1-8-24(29(22)26)28-15-27-25(19-40-28)30(38-13-3-5-21(17-38)10-12-35)37-31(36-27)41-20-32-11-4-14-39(32)18-23(34)16-32;1-2(4)3(5)6/h2-3,5-8,23-24,29H,1,4,9-10,12-20H2;1-2,6-9,21,23,28H,3-5,10-11,13-20H2;1H2,(H,5,6)/t23-,24+,29+,34+;21-,23+,28-,32-;/m10./s1. The number of amides is 1. The molecule has 0 spiro atoms. The number of hydrogen-bond acceptors (Lipinski definition) is 16. The Kier molecular flexibility index (Phi) is 19.7. The average molecular weight is 1320 g/mol. The molecule has 2 aromatic heterocycles. The summed E-state index contributed by atoms with van der Waals surface area (Å²) in [5.74, 6) is -3.04. The number of piperazine rings is 1. The van der Waals surface area contributed by atoms with Gasteiger partial charge in [-0.05, 0) is 91.6 Å². The lowest BCUT2D eigenvalue weighted by Gasteiger charge is -2.42. The Morgan fingerprint density at radius 3 is 1.60 bits per heavy atom. The van der Waals surface area contributed by atoms with E-state index in [1.807, 2.05) is 59.5 Å². The van der Waals surface area contributed by atoms with Gasteiger partial charge in [0.15, 0.2) is 5.83 Å². The van der Waals surface area contributed by atoms with Crippen LogP contribution in [0.3, 0.4) is 0 Å². The molecule has 0 radical (unpaired) electrons. The quantitative estimate of drug-likeness (QED) is 0.0795. The number of carboxylic acids is 1. The van der Waals surface area contributed by atoms with Crippen LogP contribution < -0.4 is 19.3 Å².